The summed E-state index contributed by atoms with van der Waals surface area (Å²) in [5.74, 6) is -1.79. The minimum absolute atomic E-state index is 0.0770. The average Bonchev–Trinajstić information content (AvgIpc) is 2.21. The van der Waals surface area contributed by atoms with Crippen LogP contribution in [0.4, 0.5) is 8.78 Å². The van der Waals surface area contributed by atoms with Gasteiger partial charge < -0.3 is 5.11 Å². The molecule has 0 saturated heterocycles. The molecule has 1 aromatic carbocycles. The SMILES string of the molecule is O=S(=O)(NCC1CC(O)C1)c1cc(F)cc(F)c1. The van der Waals surface area contributed by atoms with Crippen LogP contribution in [0.5, 0.6) is 0 Å². The van der Waals surface area contributed by atoms with E-state index in [2.05, 4.69) is 4.72 Å². The Balaban J connectivity index is 2.05. The van der Waals surface area contributed by atoms with E-state index < -0.39 is 26.6 Å². The van der Waals surface area contributed by atoms with Crippen LogP contribution in [0.25, 0.3) is 0 Å². The topological polar surface area (TPSA) is 66.4 Å². The van der Waals surface area contributed by atoms with E-state index in [0.717, 1.165) is 12.1 Å². The second-order valence-electron chi connectivity index (χ2n) is 4.45. The van der Waals surface area contributed by atoms with Gasteiger partial charge in [0.05, 0.1) is 11.0 Å². The molecule has 1 aliphatic carbocycles. The first kappa shape index (κ1) is 13.4. The number of sulfonamides is 1. The number of benzene rings is 1. The molecule has 7 heteroatoms. The van der Waals surface area contributed by atoms with Crippen LogP contribution < -0.4 is 4.72 Å². The molecule has 0 amide bonds. The van der Waals surface area contributed by atoms with Gasteiger partial charge in [0.15, 0.2) is 0 Å². The molecule has 0 atom stereocenters. The van der Waals surface area contributed by atoms with Gasteiger partial charge in [-0.15, -0.1) is 0 Å². The fourth-order valence-corrected chi connectivity index (χ4v) is 3.02. The van der Waals surface area contributed by atoms with E-state index in [1.807, 2.05) is 0 Å². The third-order valence-electron chi connectivity index (χ3n) is 2.92. The largest absolute Gasteiger partial charge is 0.393 e. The van der Waals surface area contributed by atoms with E-state index in [4.69, 9.17) is 5.11 Å². The van der Waals surface area contributed by atoms with Crippen LogP contribution in [0.2, 0.25) is 0 Å². The zero-order valence-electron chi connectivity index (χ0n) is 9.44. The maximum Gasteiger partial charge on any atom is 0.240 e. The zero-order valence-corrected chi connectivity index (χ0v) is 10.3. The van der Waals surface area contributed by atoms with Gasteiger partial charge in [-0.2, -0.15) is 0 Å². The number of hydrogen-bond donors (Lipinski definition) is 2. The van der Waals surface area contributed by atoms with Crippen molar-refractivity contribution in [2.45, 2.75) is 23.8 Å². The van der Waals surface area contributed by atoms with Crippen molar-refractivity contribution in [3.05, 3.63) is 29.8 Å². The van der Waals surface area contributed by atoms with Crippen molar-refractivity contribution in [3.8, 4) is 0 Å². The molecule has 1 aromatic rings. The molecule has 18 heavy (non-hydrogen) atoms. The Morgan fingerprint density at radius 3 is 2.28 bits per heavy atom. The first-order chi connectivity index (χ1) is 8.37. The molecule has 1 fully saturated rings. The highest BCUT2D eigenvalue weighted by Crippen LogP contribution is 2.26. The summed E-state index contributed by atoms with van der Waals surface area (Å²) in [6.45, 7) is 0.164. The highest BCUT2D eigenvalue weighted by Gasteiger charge is 2.28. The maximum atomic E-state index is 12.9. The first-order valence-corrected chi connectivity index (χ1v) is 6.99. The van der Waals surface area contributed by atoms with E-state index in [-0.39, 0.29) is 18.6 Å². The average molecular weight is 277 g/mol. The van der Waals surface area contributed by atoms with Crippen LogP contribution in [0, 0.1) is 17.6 Å². The molecule has 0 aromatic heterocycles. The summed E-state index contributed by atoms with van der Waals surface area (Å²) in [5.41, 5.74) is 0. The molecular formula is C11H13F2NO3S. The molecule has 0 heterocycles. The Morgan fingerprint density at radius 2 is 1.78 bits per heavy atom. The van der Waals surface area contributed by atoms with Crippen molar-refractivity contribution in [1.82, 2.24) is 4.72 Å². The van der Waals surface area contributed by atoms with Crippen LogP contribution in [-0.4, -0.2) is 26.2 Å². The highest BCUT2D eigenvalue weighted by molar-refractivity contribution is 7.89. The third-order valence-corrected chi connectivity index (χ3v) is 4.32. The first-order valence-electron chi connectivity index (χ1n) is 5.50. The Morgan fingerprint density at radius 1 is 1.22 bits per heavy atom. The van der Waals surface area contributed by atoms with Crippen molar-refractivity contribution in [2.75, 3.05) is 6.54 Å². The van der Waals surface area contributed by atoms with E-state index in [9.17, 15) is 17.2 Å². The summed E-state index contributed by atoms with van der Waals surface area (Å²) in [5, 5.41) is 9.06. The Hall–Kier alpha value is -1.05. The van der Waals surface area contributed by atoms with Gasteiger partial charge in [0.25, 0.3) is 0 Å². The van der Waals surface area contributed by atoms with Gasteiger partial charge in [0.2, 0.25) is 10.0 Å². The Kier molecular flexibility index (Phi) is 3.65. The van der Waals surface area contributed by atoms with Crippen molar-refractivity contribution in [1.29, 1.82) is 0 Å². The standard InChI is InChI=1S/C11H13F2NO3S/c12-8-3-9(13)5-11(4-8)18(16,17)14-6-7-1-10(15)2-7/h3-5,7,10,14-15H,1-2,6H2. The number of halogens is 2. The summed E-state index contributed by atoms with van der Waals surface area (Å²) in [4.78, 5) is -0.431. The lowest BCUT2D eigenvalue weighted by Crippen LogP contribution is -2.38. The van der Waals surface area contributed by atoms with Crippen molar-refractivity contribution >= 4 is 10.0 Å². The normalized spacial score (nSPS) is 23.7. The van der Waals surface area contributed by atoms with Gasteiger partial charge in [-0.25, -0.2) is 21.9 Å². The van der Waals surface area contributed by atoms with Crippen molar-refractivity contribution < 1.29 is 22.3 Å². The van der Waals surface area contributed by atoms with Crippen LogP contribution in [0.3, 0.4) is 0 Å². The lowest BCUT2D eigenvalue weighted by atomic mass is 9.83. The van der Waals surface area contributed by atoms with Gasteiger partial charge in [-0.1, -0.05) is 0 Å². The lowest BCUT2D eigenvalue weighted by molar-refractivity contribution is 0.0453. The predicted molar refractivity (Wildman–Crippen MR) is 60.3 cm³/mol. The maximum absolute atomic E-state index is 12.9. The molecule has 0 spiro atoms. The Labute approximate surface area is 104 Å². The quantitative estimate of drug-likeness (QED) is 0.863. The number of rotatable bonds is 4. The smallest absolute Gasteiger partial charge is 0.240 e. The molecule has 0 radical (unpaired) electrons. The molecule has 100 valence electrons. The predicted octanol–water partition coefficient (Wildman–Crippen LogP) is 1.01. The molecule has 0 unspecified atom stereocenters. The van der Waals surface area contributed by atoms with E-state index >= 15 is 0 Å². The highest BCUT2D eigenvalue weighted by atomic mass is 32.2. The van der Waals surface area contributed by atoms with Crippen LogP contribution in [-0.2, 0) is 10.0 Å². The molecule has 0 bridgehead atoms. The summed E-state index contributed by atoms with van der Waals surface area (Å²) in [6.07, 6.45) is 0.714. The monoisotopic (exact) mass is 277 g/mol. The fraction of sp³-hybridized carbons (Fsp3) is 0.455. The summed E-state index contributed by atoms with van der Waals surface area (Å²) < 4.78 is 51.6. The minimum atomic E-state index is -3.91. The number of nitrogens with one attached hydrogen (secondary N) is 1. The van der Waals surface area contributed by atoms with E-state index in [1.165, 1.54) is 0 Å². The number of aliphatic hydroxyl groups is 1. The fourth-order valence-electron chi connectivity index (χ4n) is 1.86. The van der Waals surface area contributed by atoms with Gasteiger partial charge in [0, 0.05) is 12.6 Å². The zero-order chi connectivity index (χ0) is 13.3. The second-order valence-corrected chi connectivity index (χ2v) is 6.22. The molecule has 4 nitrogen and oxygen atoms in total. The second kappa shape index (κ2) is 4.91. The lowest BCUT2D eigenvalue weighted by Gasteiger charge is -2.31. The van der Waals surface area contributed by atoms with Gasteiger partial charge >= 0.3 is 0 Å². The van der Waals surface area contributed by atoms with Crippen LogP contribution in [0.15, 0.2) is 23.1 Å². The van der Waals surface area contributed by atoms with E-state index in [1.54, 1.807) is 0 Å². The summed E-state index contributed by atoms with van der Waals surface area (Å²) in [7, 11) is -3.91. The van der Waals surface area contributed by atoms with Gasteiger partial charge in [-0.3, -0.25) is 0 Å². The minimum Gasteiger partial charge on any atom is -0.393 e. The molecule has 1 saturated carbocycles. The third kappa shape index (κ3) is 3.04. The van der Waals surface area contributed by atoms with Crippen molar-refractivity contribution in [3.63, 3.8) is 0 Å². The number of hydrogen-bond acceptors (Lipinski definition) is 3. The van der Waals surface area contributed by atoms with E-state index in [0.29, 0.717) is 18.9 Å². The van der Waals surface area contributed by atoms with Gasteiger partial charge in [0.1, 0.15) is 11.6 Å². The Bertz CT molecular complexity index is 521. The molecule has 1 aliphatic rings. The number of aliphatic hydroxyl groups excluding tert-OH is 1. The van der Waals surface area contributed by atoms with Crippen LogP contribution in [0.1, 0.15) is 12.8 Å². The molecule has 2 N–H and O–H groups in total. The molecular weight excluding hydrogens is 264 g/mol. The molecule has 2 rings (SSSR count). The summed E-state index contributed by atoms with van der Waals surface area (Å²) >= 11 is 0. The van der Waals surface area contributed by atoms with Crippen LogP contribution >= 0.6 is 0 Å². The van der Waals surface area contributed by atoms with Gasteiger partial charge in [-0.05, 0) is 30.9 Å². The summed E-state index contributed by atoms with van der Waals surface area (Å²) in [6, 6.07) is 2.14. The van der Waals surface area contributed by atoms with Crippen molar-refractivity contribution in [2.24, 2.45) is 5.92 Å². The molecule has 0 aliphatic heterocycles.